The molecule has 0 spiro atoms. The van der Waals surface area contributed by atoms with Crippen LogP contribution in [0.1, 0.15) is 5.56 Å². The van der Waals surface area contributed by atoms with Gasteiger partial charge in [0.05, 0.1) is 11.9 Å². The Bertz CT molecular complexity index is 333. The van der Waals surface area contributed by atoms with E-state index in [-0.39, 0.29) is 55.2 Å². The smallest absolute Gasteiger partial charge is 0.293 e. The fourth-order valence-corrected chi connectivity index (χ4v) is 1.16. The molecule has 3 heteroatoms. The van der Waals surface area contributed by atoms with Crippen molar-refractivity contribution in [3.63, 3.8) is 0 Å². The number of nitrogens with zero attached hydrogens (tertiary/aromatic N) is 1. The van der Waals surface area contributed by atoms with Crippen molar-refractivity contribution >= 4 is 17.7 Å². The number of benzene rings is 1. The Balaban J connectivity index is 0.000000720. The van der Waals surface area contributed by atoms with Crippen LogP contribution in [-0.2, 0) is 11.2 Å². The van der Waals surface area contributed by atoms with Gasteiger partial charge in [-0.1, -0.05) is 18.2 Å². The average molecular weight is 297 g/mol. The molecule has 0 amide bonds. The molecule has 0 atom stereocenters. The molecule has 0 bridgehead atoms. The zero-order valence-electron chi connectivity index (χ0n) is 6.33. The summed E-state index contributed by atoms with van der Waals surface area (Å²) in [6, 6.07) is 7.70. The van der Waals surface area contributed by atoms with Gasteiger partial charge in [-0.2, -0.15) is 0 Å². The van der Waals surface area contributed by atoms with Crippen molar-refractivity contribution in [2.45, 2.75) is 6.42 Å². The molecule has 1 aliphatic heterocycles. The summed E-state index contributed by atoms with van der Waals surface area (Å²) in [4.78, 5) is 14.9. The Morgan fingerprint density at radius 3 is 2.83 bits per heavy atom. The van der Waals surface area contributed by atoms with Crippen LogP contribution in [0.4, 0.5) is 5.69 Å². The molecule has 0 aromatic heterocycles. The van der Waals surface area contributed by atoms with E-state index in [9.17, 15) is 4.79 Å². The fraction of sp³-hybridized carbons (Fsp3) is 0.111. The molecular formula is C9H7EuNO+3. The van der Waals surface area contributed by atoms with Gasteiger partial charge in [0, 0.05) is 6.42 Å². The number of hydrogen-bond acceptors (Lipinski definition) is 2. The number of fused-ring (bicyclic) bond motifs is 1. The van der Waals surface area contributed by atoms with Gasteiger partial charge in [-0.3, -0.25) is 9.79 Å². The Morgan fingerprint density at radius 2 is 2.00 bits per heavy atom. The van der Waals surface area contributed by atoms with Crippen LogP contribution in [0, 0.1) is 49.4 Å². The summed E-state index contributed by atoms with van der Waals surface area (Å²) in [5.41, 5.74) is 1.95. The molecule has 0 aliphatic carbocycles. The summed E-state index contributed by atoms with van der Waals surface area (Å²) < 4.78 is 0. The van der Waals surface area contributed by atoms with E-state index in [0.717, 1.165) is 11.3 Å². The quantitative estimate of drug-likeness (QED) is 0.714. The van der Waals surface area contributed by atoms with Crippen LogP contribution in [0.2, 0.25) is 0 Å². The van der Waals surface area contributed by atoms with Gasteiger partial charge in [0.25, 0.3) is 0 Å². The molecule has 0 saturated heterocycles. The molecule has 58 valence electrons. The molecule has 2 rings (SSSR count). The number of carbonyl (C=O) groups excluding carboxylic acids is 1. The van der Waals surface area contributed by atoms with E-state index in [2.05, 4.69) is 4.99 Å². The third-order valence-corrected chi connectivity index (χ3v) is 1.70. The van der Waals surface area contributed by atoms with E-state index in [4.69, 9.17) is 0 Å². The number of hydrogen-bond donors (Lipinski definition) is 0. The molecule has 0 N–H and O–H groups in total. The largest absolute Gasteiger partial charge is 3.00 e. The summed E-state index contributed by atoms with van der Waals surface area (Å²) in [6.07, 6.45) is 1.89. The van der Waals surface area contributed by atoms with Gasteiger partial charge in [-0.15, -0.1) is 0 Å². The number of para-hydroxylation sites is 1. The van der Waals surface area contributed by atoms with Crippen LogP contribution in [0.25, 0.3) is 0 Å². The van der Waals surface area contributed by atoms with Crippen molar-refractivity contribution in [1.82, 2.24) is 0 Å². The second kappa shape index (κ2) is 4.40. The standard InChI is InChI=1S/C9H7NO.Eu/c11-8-5-7-3-1-2-4-9(7)10-6-8;/h1-4,6H,5H2;/q;+3. The first-order valence-corrected chi connectivity index (χ1v) is 3.51. The number of rotatable bonds is 0. The Kier molecular flexibility index (Phi) is 3.75. The first-order chi connectivity index (χ1) is 5.36. The van der Waals surface area contributed by atoms with E-state index in [1.165, 1.54) is 6.21 Å². The van der Waals surface area contributed by atoms with Crippen LogP contribution < -0.4 is 0 Å². The van der Waals surface area contributed by atoms with Gasteiger partial charge in [0.2, 0.25) is 0 Å². The predicted octanol–water partition coefficient (Wildman–Crippen LogP) is 1.51. The maximum absolute atomic E-state index is 10.9. The first kappa shape index (κ1) is 10.2. The summed E-state index contributed by atoms with van der Waals surface area (Å²) in [6.45, 7) is 0. The summed E-state index contributed by atoms with van der Waals surface area (Å²) in [5.74, 6) is 0.0868. The van der Waals surface area contributed by atoms with Crippen LogP contribution in [0.5, 0.6) is 0 Å². The van der Waals surface area contributed by atoms with Crippen molar-refractivity contribution in [2.75, 3.05) is 0 Å². The van der Waals surface area contributed by atoms with Crippen molar-refractivity contribution in [3.05, 3.63) is 29.8 Å². The maximum Gasteiger partial charge on any atom is 3.00 e. The molecule has 1 aliphatic rings. The van der Waals surface area contributed by atoms with E-state index in [0.29, 0.717) is 6.42 Å². The van der Waals surface area contributed by atoms with Gasteiger partial charge < -0.3 is 0 Å². The van der Waals surface area contributed by atoms with E-state index < -0.39 is 0 Å². The second-order valence-corrected chi connectivity index (χ2v) is 2.53. The average Bonchev–Trinajstić information content (AvgIpc) is 2.04. The van der Waals surface area contributed by atoms with Crippen molar-refractivity contribution in [3.8, 4) is 0 Å². The number of Topliss-reactive ketones (excluding diaryl/α,β-unsaturated/α-hetero) is 1. The summed E-state index contributed by atoms with van der Waals surface area (Å²) in [7, 11) is 0. The van der Waals surface area contributed by atoms with Crippen LogP contribution in [0.3, 0.4) is 0 Å². The molecule has 0 saturated carbocycles. The van der Waals surface area contributed by atoms with Crippen LogP contribution in [-0.4, -0.2) is 12.0 Å². The third-order valence-electron chi connectivity index (χ3n) is 1.70. The minimum Gasteiger partial charge on any atom is -0.293 e. The topological polar surface area (TPSA) is 29.4 Å². The minimum atomic E-state index is 0. The zero-order chi connectivity index (χ0) is 7.68. The van der Waals surface area contributed by atoms with E-state index >= 15 is 0 Å². The van der Waals surface area contributed by atoms with Crippen molar-refractivity contribution < 1.29 is 54.2 Å². The summed E-state index contributed by atoms with van der Waals surface area (Å²) in [5, 5.41) is 0. The zero-order valence-corrected chi connectivity index (χ0v) is 8.75. The number of carbonyl (C=O) groups is 1. The molecule has 12 heavy (non-hydrogen) atoms. The van der Waals surface area contributed by atoms with Gasteiger partial charge in [-0.25, -0.2) is 0 Å². The first-order valence-electron chi connectivity index (χ1n) is 3.51. The van der Waals surface area contributed by atoms with E-state index in [1.54, 1.807) is 0 Å². The fourth-order valence-electron chi connectivity index (χ4n) is 1.16. The Hall–Kier alpha value is 0.144. The van der Waals surface area contributed by atoms with Crippen LogP contribution >= 0.6 is 0 Å². The number of aliphatic imine (C=N–C) groups is 1. The monoisotopic (exact) mass is 298 g/mol. The number of ketones is 1. The second-order valence-electron chi connectivity index (χ2n) is 2.53. The van der Waals surface area contributed by atoms with Crippen molar-refractivity contribution in [1.29, 1.82) is 0 Å². The molecular weight excluding hydrogens is 290 g/mol. The van der Waals surface area contributed by atoms with Crippen LogP contribution in [0.15, 0.2) is 29.3 Å². The maximum atomic E-state index is 10.9. The predicted molar refractivity (Wildman–Crippen MR) is 43.3 cm³/mol. The normalized spacial score (nSPS) is 13.5. The summed E-state index contributed by atoms with van der Waals surface area (Å²) >= 11 is 0. The molecule has 0 unspecified atom stereocenters. The molecule has 0 fully saturated rings. The molecule has 2 nitrogen and oxygen atoms in total. The van der Waals surface area contributed by atoms with Gasteiger partial charge in [0.1, 0.15) is 0 Å². The third kappa shape index (κ3) is 2.09. The Morgan fingerprint density at radius 1 is 1.25 bits per heavy atom. The SMILES string of the molecule is O=C1C=Nc2ccccc2C1.[Eu+3]. The van der Waals surface area contributed by atoms with Gasteiger partial charge in [0.15, 0.2) is 5.78 Å². The Labute approximate surface area is 112 Å². The molecule has 1 aromatic rings. The molecule has 0 radical (unpaired) electrons. The van der Waals surface area contributed by atoms with Gasteiger partial charge in [-0.05, 0) is 11.6 Å². The molecule has 1 aromatic carbocycles. The molecule has 1 heterocycles. The van der Waals surface area contributed by atoms with E-state index in [1.807, 2.05) is 24.3 Å². The minimum absolute atomic E-state index is 0. The van der Waals surface area contributed by atoms with Crippen molar-refractivity contribution in [2.24, 2.45) is 4.99 Å². The van der Waals surface area contributed by atoms with Gasteiger partial charge >= 0.3 is 49.4 Å².